The predicted octanol–water partition coefficient (Wildman–Crippen LogP) is 4.69. The van der Waals surface area contributed by atoms with E-state index in [0.717, 1.165) is 66.0 Å². The van der Waals surface area contributed by atoms with E-state index in [0.29, 0.717) is 19.2 Å². The fraction of sp³-hybridized carbons (Fsp3) is 0.333. The molecule has 1 aliphatic rings. The average molecular weight is 473 g/mol. The number of anilines is 3. The van der Waals surface area contributed by atoms with Crippen molar-refractivity contribution in [1.82, 2.24) is 19.5 Å². The maximum Gasteiger partial charge on any atom is 0.247 e. The third kappa shape index (κ3) is 5.02. The van der Waals surface area contributed by atoms with Crippen molar-refractivity contribution < 1.29 is 9.47 Å². The van der Waals surface area contributed by atoms with E-state index in [1.54, 1.807) is 0 Å². The van der Waals surface area contributed by atoms with Crippen molar-refractivity contribution >= 4 is 23.0 Å². The molecule has 0 amide bonds. The third-order valence-corrected chi connectivity index (χ3v) is 6.37. The van der Waals surface area contributed by atoms with E-state index < -0.39 is 0 Å². The molecule has 2 aromatic carbocycles. The number of fused-ring (bicyclic) bond motifs is 2. The number of aromatic nitrogens is 3. The first-order valence-electron chi connectivity index (χ1n) is 12.2. The van der Waals surface area contributed by atoms with Crippen LogP contribution in [0.25, 0.3) is 16.9 Å². The van der Waals surface area contributed by atoms with Gasteiger partial charge in [-0.2, -0.15) is 4.98 Å². The fourth-order valence-electron chi connectivity index (χ4n) is 4.32. The van der Waals surface area contributed by atoms with E-state index >= 15 is 0 Å². The summed E-state index contributed by atoms with van der Waals surface area (Å²) >= 11 is 0. The highest BCUT2D eigenvalue weighted by atomic mass is 16.5. The van der Waals surface area contributed by atoms with Crippen LogP contribution in [0.4, 0.5) is 17.3 Å². The summed E-state index contributed by atoms with van der Waals surface area (Å²) in [4.78, 5) is 9.24. The molecule has 1 N–H and O–H groups in total. The van der Waals surface area contributed by atoms with Crippen LogP contribution in [-0.2, 0) is 0 Å². The van der Waals surface area contributed by atoms with Gasteiger partial charge in [-0.15, -0.1) is 5.10 Å². The van der Waals surface area contributed by atoms with Crippen molar-refractivity contribution in [2.24, 2.45) is 0 Å². The van der Waals surface area contributed by atoms with Crippen LogP contribution >= 0.6 is 0 Å². The van der Waals surface area contributed by atoms with Gasteiger partial charge in [-0.1, -0.05) is 32.0 Å². The molecule has 0 fully saturated rings. The van der Waals surface area contributed by atoms with Gasteiger partial charge in [-0.3, -0.25) is 0 Å². The van der Waals surface area contributed by atoms with Crippen LogP contribution < -0.4 is 19.7 Å². The first kappa shape index (κ1) is 23.0. The van der Waals surface area contributed by atoms with Gasteiger partial charge in [0, 0.05) is 30.9 Å². The molecule has 8 heteroatoms. The molecular formula is C27H32N6O2. The lowest BCUT2D eigenvalue weighted by atomic mass is 10.1. The summed E-state index contributed by atoms with van der Waals surface area (Å²) in [7, 11) is 2.09. The van der Waals surface area contributed by atoms with E-state index in [-0.39, 0.29) is 0 Å². The molecule has 4 aromatic rings. The van der Waals surface area contributed by atoms with Crippen molar-refractivity contribution in [2.75, 3.05) is 56.7 Å². The molecule has 0 saturated carbocycles. The standard InChI is InChI=1S/C27H32N6O2/c1-4-32(5-2)15-17-34-22-9-6-8-21(19-22)28-27-29-26-11-7-10-23(33(26)30-27)20-12-13-24-25(18-20)35-16-14-31(24)3/h6-13,18-19H,4-5,14-17H2,1-3H3,(H,28,30). The highest BCUT2D eigenvalue weighted by Crippen LogP contribution is 2.35. The molecule has 3 heterocycles. The number of ether oxygens (including phenoxy) is 2. The van der Waals surface area contributed by atoms with Gasteiger partial charge in [0.1, 0.15) is 24.7 Å². The predicted molar refractivity (Wildman–Crippen MR) is 140 cm³/mol. The van der Waals surface area contributed by atoms with Gasteiger partial charge in [0.2, 0.25) is 5.95 Å². The van der Waals surface area contributed by atoms with Crippen molar-refractivity contribution in [2.45, 2.75) is 13.8 Å². The number of rotatable bonds is 9. The number of pyridine rings is 1. The Hall–Kier alpha value is -3.78. The molecule has 0 bridgehead atoms. The summed E-state index contributed by atoms with van der Waals surface area (Å²) in [5.41, 5.74) is 4.74. The first-order valence-corrected chi connectivity index (χ1v) is 12.2. The molecule has 0 saturated heterocycles. The molecular weight excluding hydrogens is 440 g/mol. The second-order valence-corrected chi connectivity index (χ2v) is 8.60. The first-order chi connectivity index (χ1) is 17.1. The Kier molecular flexibility index (Phi) is 6.72. The quantitative estimate of drug-likeness (QED) is 0.379. The van der Waals surface area contributed by atoms with E-state index in [4.69, 9.17) is 14.6 Å². The number of benzene rings is 2. The highest BCUT2D eigenvalue weighted by Gasteiger charge is 2.17. The Morgan fingerprint density at radius 2 is 1.91 bits per heavy atom. The minimum absolute atomic E-state index is 0.534. The summed E-state index contributed by atoms with van der Waals surface area (Å²) in [6.45, 7) is 9.53. The second-order valence-electron chi connectivity index (χ2n) is 8.60. The summed E-state index contributed by atoms with van der Waals surface area (Å²) in [6.07, 6.45) is 0. The Bertz CT molecular complexity index is 1300. The van der Waals surface area contributed by atoms with Gasteiger partial charge in [-0.25, -0.2) is 4.52 Å². The van der Waals surface area contributed by atoms with Crippen LogP contribution in [0, 0.1) is 0 Å². The Balaban J connectivity index is 1.35. The molecule has 0 atom stereocenters. The summed E-state index contributed by atoms with van der Waals surface area (Å²) in [5, 5.41) is 8.07. The Morgan fingerprint density at radius 3 is 2.77 bits per heavy atom. The van der Waals surface area contributed by atoms with Gasteiger partial charge < -0.3 is 24.6 Å². The molecule has 0 radical (unpaired) electrons. The van der Waals surface area contributed by atoms with Gasteiger partial charge in [0.25, 0.3) is 0 Å². The fourth-order valence-corrected chi connectivity index (χ4v) is 4.32. The molecule has 5 rings (SSSR count). The molecule has 2 aromatic heterocycles. The number of nitrogens with one attached hydrogen (secondary N) is 1. The number of hydrogen-bond acceptors (Lipinski definition) is 7. The third-order valence-electron chi connectivity index (χ3n) is 6.37. The largest absolute Gasteiger partial charge is 0.492 e. The maximum atomic E-state index is 5.96. The normalized spacial score (nSPS) is 13.1. The van der Waals surface area contributed by atoms with Gasteiger partial charge in [-0.05, 0) is 49.5 Å². The molecule has 182 valence electrons. The zero-order valence-electron chi connectivity index (χ0n) is 20.6. The highest BCUT2D eigenvalue weighted by molar-refractivity contribution is 5.72. The zero-order chi connectivity index (χ0) is 24.2. The van der Waals surface area contributed by atoms with Crippen molar-refractivity contribution in [1.29, 1.82) is 0 Å². The summed E-state index contributed by atoms with van der Waals surface area (Å²) in [6, 6.07) is 20.2. The molecule has 0 aliphatic carbocycles. The van der Waals surface area contributed by atoms with Crippen molar-refractivity contribution in [3.8, 4) is 22.8 Å². The van der Waals surface area contributed by atoms with Gasteiger partial charge >= 0.3 is 0 Å². The Morgan fingerprint density at radius 1 is 1.06 bits per heavy atom. The van der Waals surface area contributed by atoms with Crippen molar-refractivity contribution in [3.63, 3.8) is 0 Å². The minimum Gasteiger partial charge on any atom is -0.492 e. The van der Waals surface area contributed by atoms with Crippen LogP contribution in [0.15, 0.2) is 60.7 Å². The molecule has 1 aliphatic heterocycles. The smallest absolute Gasteiger partial charge is 0.247 e. The number of nitrogens with zero attached hydrogens (tertiary/aromatic N) is 5. The van der Waals surface area contributed by atoms with Crippen LogP contribution in [0.5, 0.6) is 11.5 Å². The topological polar surface area (TPSA) is 67.2 Å². The van der Waals surface area contributed by atoms with E-state index in [1.165, 1.54) is 0 Å². The monoisotopic (exact) mass is 472 g/mol. The minimum atomic E-state index is 0.534. The molecule has 8 nitrogen and oxygen atoms in total. The van der Waals surface area contributed by atoms with E-state index in [2.05, 4.69) is 59.2 Å². The molecule has 0 spiro atoms. The number of hydrogen-bond donors (Lipinski definition) is 1. The zero-order valence-corrected chi connectivity index (χ0v) is 20.6. The van der Waals surface area contributed by atoms with Crippen LogP contribution in [0.2, 0.25) is 0 Å². The van der Waals surface area contributed by atoms with Gasteiger partial charge in [0.05, 0.1) is 17.9 Å². The lowest BCUT2D eigenvalue weighted by molar-refractivity contribution is 0.223. The SMILES string of the molecule is CCN(CC)CCOc1cccc(Nc2nc3cccc(-c4ccc5c(c4)OCCN5C)n3n2)c1. The van der Waals surface area contributed by atoms with Crippen LogP contribution in [0.1, 0.15) is 13.8 Å². The van der Waals surface area contributed by atoms with E-state index in [1.807, 2.05) is 47.0 Å². The Labute approximate surface area is 206 Å². The summed E-state index contributed by atoms with van der Waals surface area (Å²) in [5.74, 6) is 2.25. The summed E-state index contributed by atoms with van der Waals surface area (Å²) < 4.78 is 13.7. The lowest BCUT2D eigenvalue weighted by Gasteiger charge is -2.28. The number of likely N-dealkylation sites (N-methyl/N-ethyl adjacent to an activating group) is 2. The van der Waals surface area contributed by atoms with E-state index in [9.17, 15) is 0 Å². The van der Waals surface area contributed by atoms with Crippen LogP contribution in [-0.4, -0.2) is 65.9 Å². The molecule has 0 unspecified atom stereocenters. The average Bonchev–Trinajstić information content (AvgIpc) is 3.29. The lowest BCUT2D eigenvalue weighted by Crippen LogP contribution is -2.28. The maximum absolute atomic E-state index is 5.96. The van der Waals surface area contributed by atoms with Crippen molar-refractivity contribution in [3.05, 3.63) is 60.7 Å². The second kappa shape index (κ2) is 10.2. The van der Waals surface area contributed by atoms with Gasteiger partial charge in [0.15, 0.2) is 5.65 Å². The molecule has 35 heavy (non-hydrogen) atoms. The van der Waals surface area contributed by atoms with Crippen LogP contribution in [0.3, 0.4) is 0 Å².